The summed E-state index contributed by atoms with van der Waals surface area (Å²) < 4.78 is 16.6. The maximum atomic E-state index is 14.4. The van der Waals surface area contributed by atoms with Gasteiger partial charge in [0.25, 0.3) is 6.04 Å². The number of hydrogen-bond donors (Lipinski definition) is 9. The number of nitrogens with one attached hydrogen (secondary N) is 6. The molecular formula is C52H71N11O14. The van der Waals surface area contributed by atoms with Crippen LogP contribution in [0.4, 0.5) is 0 Å². The maximum absolute atomic E-state index is 14.4. The third-order valence-corrected chi connectivity index (χ3v) is 11.7. The zero-order valence-corrected chi connectivity index (χ0v) is 43.9. The van der Waals surface area contributed by atoms with Crippen LogP contribution in [0.2, 0.25) is 0 Å². The van der Waals surface area contributed by atoms with Gasteiger partial charge in [0.2, 0.25) is 29.5 Å². The van der Waals surface area contributed by atoms with E-state index in [2.05, 4.69) is 26.6 Å². The number of carboxylic acid groups (broad SMARTS) is 1. The van der Waals surface area contributed by atoms with E-state index in [1.165, 1.54) is 20.8 Å². The van der Waals surface area contributed by atoms with Crippen molar-refractivity contribution >= 4 is 53.3 Å². The smallest absolute Gasteiger partial charge is 0.347 e. The first-order valence-electron chi connectivity index (χ1n) is 25.1. The lowest BCUT2D eigenvalue weighted by atomic mass is 10.0. The Labute approximate surface area is 446 Å². The maximum Gasteiger partial charge on any atom is 0.347 e. The Morgan fingerprint density at radius 2 is 1.44 bits per heavy atom. The molecule has 3 aromatic carbocycles. The van der Waals surface area contributed by atoms with Crippen molar-refractivity contribution in [3.63, 3.8) is 0 Å². The van der Waals surface area contributed by atoms with Gasteiger partial charge in [0, 0.05) is 19.5 Å². The van der Waals surface area contributed by atoms with Crippen molar-refractivity contribution in [3.8, 4) is 5.75 Å². The molecule has 0 spiro atoms. The minimum Gasteiger partial charge on any atom is -0.489 e. The molecule has 0 radical (unpaired) electrons. The highest BCUT2D eigenvalue weighted by Gasteiger charge is 2.51. The lowest BCUT2D eigenvalue weighted by Crippen LogP contribution is -2.61. The average Bonchev–Trinajstić information content (AvgIpc) is 3.87. The number of hydrazine groups is 1. The number of hydrogen-bond acceptors (Lipinski definition) is 15. The number of carbonyl (C=O) groups is 8. The van der Waals surface area contributed by atoms with Crippen LogP contribution in [0.5, 0.6) is 5.75 Å². The zero-order valence-electron chi connectivity index (χ0n) is 43.9. The highest BCUT2D eigenvalue weighted by Crippen LogP contribution is 2.24. The molecule has 11 N–H and O–H groups in total. The fraction of sp³-hybridized carbons (Fsp3) is 0.481. The molecule has 1 fully saturated rings. The van der Waals surface area contributed by atoms with Crippen LogP contribution in [0.1, 0.15) is 83.4 Å². The number of nitrogens with two attached hydrogens (primary N) is 2. The second-order valence-corrected chi connectivity index (χ2v) is 19.7. The Bertz CT molecular complexity index is 2510. The molecule has 418 valence electrons. The summed E-state index contributed by atoms with van der Waals surface area (Å²) in [6.45, 7) is 7.26. The molecule has 1 saturated heterocycles. The summed E-state index contributed by atoms with van der Waals surface area (Å²) in [7, 11) is 0. The molecule has 4 rings (SSSR count). The second-order valence-electron chi connectivity index (χ2n) is 19.7. The number of amides is 6. The third kappa shape index (κ3) is 20.5. The summed E-state index contributed by atoms with van der Waals surface area (Å²) >= 11 is 0. The number of esters is 1. The van der Waals surface area contributed by atoms with Crippen molar-refractivity contribution in [2.75, 3.05) is 26.2 Å². The number of likely N-dealkylation sites (tertiary alicyclic amines) is 1. The fourth-order valence-electron chi connectivity index (χ4n) is 8.04. The summed E-state index contributed by atoms with van der Waals surface area (Å²) in [4.78, 5) is 122. The lowest BCUT2D eigenvalue weighted by Gasteiger charge is -2.31. The van der Waals surface area contributed by atoms with Crippen LogP contribution in [-0.4, -0.2) is 141 Å². The molecular weight excluding hydrogens is 1000 g/mol. The van der Waals surface area contributed by atoms with Gasteiger partial charge in [-0.25, -0.2) is 19.7 Å². The van der Waals surface area contributed by atoms with Gasteiger partial charge in [-0.15, -0.1) is 0 Å². The van der Waals surface area contributed by atoms with Gasteiger partial charge in [-0.3, -0.25) is 34.2 Å². The quantitative estimate of drug-likeness (QED) is 0.00892. The predicted octanol–water partition coefficient (Wildman–Crippen LogP) is 1.04. The number of nitrogens with zero attached hydrogens (tertiary/aromatic N) is 3. The van der Waals surface area contributed by atoms with Gasteiger partial charge < -0.3 is 62.3 Å². The molecule has 25 heteroatoms. The van der Waals surface area contributed by atoms with Gasteiger partial charge >= 0.3 is 17.8 Å². The van der Waals surface area contributed by atoms with Crippen LogP contribution < -0.4 is 42.8 Å². The van der Waals surface area contributed by atoms with Gasteiger partial charge in [0.1, 0.15) is 48.2 Å². The summed E-state index contributed by atoms with van der Waals surface area (Å²) in [5.74, 6) is -9.24. The van der Waals surface area contributed by atoms with Gasteiger partial charge in [-0.2, -0.15) is 0 Å². The van der Waals surface area contributed by atoms with Gasteiger partial charge in [-0.05, 0) is 92.6 Å². The fourth-order valence-corrected chi connectivity index (χ4v) is 8.04. The topological polar surface area (TPSA) is 370 Å². The lowest BCUT2D eigenvalue weighted by molar-refractivity contribution is -0.638. The first-order valence-corrected chi connectivity index (χ1v) is 25.1. The number of ether oxygens (including phenoxy) is 3. The highest BCUT2D eigenvalue weighted by molar-refractivity contribution is 6.03. The zero-order chi connectivity index (χ0) is 56.8. The predicted molar refractivity (Wildman–Crippen MR) is 278 cm³/mol. The summed E-state index contributed by atoms with van der Waals surface area (Å²) in [6.07, 6.45) is -0.101. The van der Waals surface area contributed by atoms with Crippen LogP contribution in [-0.2, 0) is 67.5 Å². The molecule has 0 aliphatic carbocycles. The first-order chi connectivity index (χ1) is 36.4. The van der Waals surface area contributed by atoms with E-state index in [1.807, 2.05) is 60.7 Å². The Balaban J connectivity index is 1.50. The third-order valence-electron chi connectivity index (χ3n) is 11.7. The van der Waals surface area contributed by atoms with Crippen LogP contribution in [0, 0.1) is 21.4 Å². The number of nitro groups is 1. The van der Waals surface area contributed by atoms with Crippen LogP contribution in [0.25, 0.3) is 0 Å². The number of rotatable bonds is 29. The molecule has 1 aliphatic rings. The van der Waals surface area contributed by atoms with Gasteiger partial charge in [0.15, 0.2) is 11.0 Å². The molecule has 0 bridgehead atoms. The number of carboxylic acids is 1. The summed E-state index contributed by atoms with van der Waals surface area (Å²) in [5.41, 5.74) is 12.8. The van der Waals surface area contributed by atoms with Crippen molar-refractivity contribution in [1.82, 2.24) is 36.5 Å². The molecule has 0 unspecified atom stereocenters. The molecule has 25 nitrogen and oxygen atoms in total. The second kappa shape index (κ2) is 29.8. The van der Waals surface area contributed by atoms with E-state index in [0.29, 0.717) is 17.9 Å². The van der Waals surface area contributed by atoms with Crippen molar-refractivity contribution in [1.29, 1.82) is 5.41 Å². The van der Waals surface area contributed by atoms with Crippen molar-refractivity contribution < 1.29 is 62.7 Å². The molecule has 0 saturated carbocycles. The van der Waals surface area contributed by atoms with Crippen molar-refractivity contribution in [2.24, 2.45) is 17.4 Å². The molecule has 3 aromatic rings. The standard InChI is InChI=1S/C52H71N11O14/c1-32(2)26-39(46(67)59-38(18-12-24-56-51(54)55)47(68)61-25-13-19-41(61)48(69)62(63(73)74)43(49(70)71)50(72)77-52(3,4)5)58-42(64)28-57-45(66)40(60-44(65)37(53)31-75-29-34-14-8-6-9-15-34)27-33-20-22-36(23-21-33)76-30-35-16-10-7-11-17-35/h6-11,14-17,20-23,32,37-41,43H,12-13,18-19,24-31,53H2,1-5H3,(H,57,66)(H,58,64)(H,59,67)(H,60,65)(H,70,71)(H4,54,55,56)/t37-,38-,39-,40-,41-,43+/m0/s1. The molecule has 1 aliphatic heterocycles. The minimum atomic E-state index is -2.71. The van der Waals surface area contributed by atoms with E-state index in [0.717, 1.165) is 16.0 Å². The SMILES string of the molecule is CC(C)C[C@H](NC(=O)CNC(=O)[C@H](Cc1ccc(OCc2ccccc2)cc1)NC(=O)[C@@H](N)COCc1ccccc1)C(=O)N[C@@H](CCCNC(=N)N)C(=O)N1CCC[C@H]1C(=O)N([C@H](C(=O)O)C(=O)OC(C)(C)C)[N+](=O)[O-]. The Morgan fingerprint density at radius 1 is 0.831 bits per heavy atom. The van der Waals surface area contributed by atoms with E-state index in [4.69, 9.17) is 31.1 Å². The van der Waals surface area contributed by atoms with E-state index in [9.17, 15) is 53.6 Å². The van der Waals surface area contributed by atoms with E-state index in [-0.39, 0.29) is 81.7 Å². The van der Waals surface area contributed by atoms with Crippen molar-refractivity contribution in [2.45, 2.75) is 128 Å². The van der Waals surface area contributed by atoms with Crippen LogP contribution in [0.3, 0.4) is 0 Å². The highest BCUT2D eigenvalue weighted by atomic mass is 16.7. The van der Waals surface area contributed by atoms with Gasteiger partial charge in [-0.1, -0.05) is 86.6 Å². The molecule has 0 aromatic heterocycles. The van der Waals surface area contributed by atoms with E-state index < -0.39 is 101 Å². The largest absolute Gasteiger partial charge is 0.489 e. The summed E-state index contributed by atoms with van der Waals surface area (Å²) in [5, 5.41) is 41.0. The number of aliphatic carboxylic acids is 1. The number of carbonyl (C=O) groups excluding carboxylic acids is 7. The minimum absolute atomic E-state index is 0.0240. The van der Waals surface area contributed by atoms with E-state index in [1.54, 1.807) is 38.1 Å². The normalized spacial score (nSPS) is 15.1. The number of benzene rings is 3. The van der Waals surface area contributed by atoms with E-state index >= 15 is 0 Å². The Hall–Kier alpha value is -8.19. The number of guanidine groups is 1. The van der Waals surface area contributed by atoms with Crippen molar-refractivity contribution in [3.05, 3.63) is 112 Å². The first kappa shape index (κ1) is 61.4. The molecule has 1 heterocycles. The Kier molecular flexibility index (Phi) is 23.7. The van der Waals surface area contributed by atoms with Crippen LogP contribution >= 0.6 is 0 Å². The average molecular weight is 1070 g/mol. The molecule has 6 atom stereocenters. The molecule has 6 amide bonds. The van der Waals surface area contributed by atoms with Gasteiger partial charge in [0.05, 0.1) is 19.8 Å². The van der Waals surface area contributed by atoms with Crippen LogP contribution in [0.15, 0.2) is 84.9 Å². The summed E-state index contributed by atoms with van der Waals surface area (Å²) in [6, 6.07) is 16.1. The monoisotopic (exact) mass is 1070 g/mol. The molecule has 77 heavy (non-hydrogen) atoms. The Morgan fingerprint density at radius 3 is 2.01 bits per heavy atom.